The first-order chi connectivity index (χ1) is 7.51. The lowest BCUT2D eigenvalue weighted by atomic mass is 9.95. The smallest absolute Gasteiger partial charge is 0.119 e. The van der Waals surface area contributed by atoms with Gasteiger partial charge in [-0.25, -0.2) is 0 Å². The van der Waals surface area contributed by atoms with Crippen LogP contribution in [0.25, 0.3) is 0 Å². The Morgan fingerprint density at radius 1 is 1.25 bits per heavy atom. The summed E-state index contributed by atoms with van der Waals surface area (Å²) in [6, 6.07) is 3.69. The lowest BCUT2D eigenvalue weighted by molar-refractivity contribution is 0.0329. The first-order valence-electron chi connectivity index (χ1n) is 5.13. The van der Waals surface area contributed by atoms with Crippen LogP contribution in [0.4, 0.5) is 0 Å². The van der Waals surface area contributed by atoms with E-state index in [1.54, 1.807) is 7.11 Å². The van der Waals surface area contributed by atoms with Crippen LogP contribution in [0.1, 0.15) is 22.8 Å². The molecule has 16 heavy (non-hydrogen) atoms. The molecule has 0 spiro atoms. The molecular weight excluding hydrogens is 224 g/mol. The van der Waals surface area contributed by atoms with Crippen molar-refractivity contribution in [2.45, 2.75) is 26.1 Å². The zero-order chi connectivity index (χ0) is 12.3. The fourth-order valence-corrected chi connectivity index (χ4v) is 2.01. The van der Waals surface area contributed by atoms with Gasteiger partial charge in [-0.3, -0.25) is 0 Å². The third-order valence-corrected chi connectivity index (χ3v) is 3.02. The van der Waals surface area contributed by atoms with Crippen molar-refractivity contribution in [3.05, 3.63) is 28.8 Å². The van der Waals surface area contributed by atoms with E-state index in [9.17, 15) is 10.2 Å². The van der Waals surface area contributed by atoms with Crippen molar-refractivity contribution in [3.8, 4) is 5.75 Å². The summed E-state index contributed by atoms with van der Waals surface area (Å²) in [5, 5.41) is 19.6. The van der Waals surface area contributed by atoms with Crippen LogP contribution in [-0.2, 0) is 0 Å². The molecule has 2 atom stereocenters. The van der Waals surface area contributed by atoms with E-state index in [4.69, 9.17) is 4.74 Å². The van der Waals surface area contributed by atoms with E-state index in [-0.39, 0.29) is 5.75 Å². The normalized spacial score (nSPS) is 14.6. The highest BCUT2D eigenvalue weighted by molar-refractivity contribution is 7.80. The van der Waals surface area contributed by atoms with E-state index in [1.807, 2.05) is 26.0 Å². The van der Waals surface area contributed by atoms with E-state index in [0.717, 1.165) is 22.4 Å². The summed E-state index contributed by atoms with van der Waals surface area (Å²) < 4.78 is 5.14. The molecule has 1 aromatic carbocycles. The first-order valence-corrected chi connectivity index (χ1v) is 5.76. The number of thiol groups is 1. The van der Waals surface area contributed by atoms with Crippen LogP contribution in [-0.4, -0.2) is 29.2 Å². The third kappa shape index (κ3) is 2.70. The maximum atomic E-state index is 9.97. The van der Waals surface area contributed by atoms with Crippen molar-refractivity contribution in [1.82, 2.24) is 0 Å². The van der Waals surface area contributed by atoms with Crippen molar-refractivity contribution < 1.29 is 14.9 Å². The van der Waals surface area contributed by atoms with E-state index in [1.165, 1.54) is 0 Å². The van der Waals surface area contributed by atoms with Crippen LogP contribution in [0, 0.1) is 13.8 Å². The molecule has 0 aliphatic heterocycles. The van der Waals surface area contributed by atoms with Crippen molar-refractivity contribution in [2.75, 3.05) is 12.9 Å². The molecule has 0 radical (unpaired) electrons. The molecule has 0 aromatic heterocycles. The largest absolute Gasteiger partial charge is 0.497 e. The molecule has 2 unspecified atom stereocenters. The number of hydrogen-bond acceptors (Lipinski definition) is 4. The number of aryl methyl sites for hydroxylation is 2. The summed E-state index contributed by atoms with van der Waals surface area (Å²) >= 11 is 3.98. The number of aliphatic hydroxyl groups excluding tert-OH is 2. The predicted molar refractivity (Wildman–Crippen MR) is 67.3 cm³/mol. The number of benzene rings is 1. The average Bonchev–Trinajstić information content (AvgIpc) is 2.26. The number of methoxy groups -OCH3 is 1. The Balaban J connectivity index is 3.14. The summed E-state index contributed by atoms with van der Waals surface area (Å²) in [6.45, 7) is 3.78. The molecule has 0 heterocycles. The van der Waals surface area contributed by atoms with Gasteiger partial charge in [0.1, 0.15) is 11.9 Å². The molecule has 1 rings (SSSR count). The van der Waals surface area contributed by atoms with Gasteiger partial charge in [0, 0.05) is 5.75 Å². The summed E-state index contributed by atoms with van der Waals surface area (Å²) in [4.78, 5) is 0. The van der Waals surface area contributed by atoms with Gasteiger partial charge in [0.25, 0.3) is 0 Å². The Labute approximate surface area is 101 Å². The highest BCUT2D eigenvalue weighted by Crippen LogP contribution is 2.28. The predicted octanol–water partition coefficient (Wildman–Crippen LogP) is 1.64. The second kappa shape index (κ2) is 5.57. The van der Waals surface area contributed by atoms with Crippen LogP contribution in [0.15, 0.2) is 12.1 Å². The SMILES string of the molecule is COc1cc(C)c(C(O)C(O)CS)c(C)c1. The van der Waals surface area contributed by atoms with Gasteiger partial charge in [0.2, 0.25) is 0 Å². The quantitative estimate of drug-likeness (QED) is 0.703. The maximum absolute atomic E-state index is 9.97. The van der Waals surface area contributed by atoms with Crippen LogP contribution in [0.3, 0.4) is 0 Å². The summed E-state index contributed by atoms with van der Waals surface area (Å²) in [5.41, 5.74) is 2.57. The molecule has 2 N–H and O–H groups in total. The summed E-state index contributed by atoms with van der Waals surface area (Å²) in [7, 11) is 1.60. The molecule has 0 bridgehead atoms. The molecule has 0 aliphatic carbocycles. The molecule has 0 aliphatic rings. The number of ether oxygens (including phenoxy) is 1. The fraction of sp³-hybridized carbons (Fsp3) is 0.500. The fourth-order valence-electron chi connectivity index (χ4n) is 1.81. The van der Waals surface area contributed by atoms with E-state index >= 15 is 0 Å². The summed E-state index contributed by atoms with van der Waals surface area (Å²) in [5.74, 6) is 0.984. The maximum Gasteiger partial charge on any atom is 0.119 e. The Hall–Kier alpha value is -0.710. The van der Waals surface area contributed by atoms with Gasteiger partial charge in [0.05, 0.1) is 13.2 Å². The Morgan fingerprint density at radius 2 is 1.75 bits per heavy atom. The minimum Gasteiger partial charge on any atom is -0.497 e. The van der Waals surface area contributed by atoms with Crippen molar-refractivity contribution >= 4 is 12.6 Å². The van der Waals surface area contributed by atoms with Crippen LogP contribution in [0.2, 0.25) is 0 Å². The molecular formula is C12H18O3S. The molecule has 4 heteroatoms. The Bertz CT molecular complexity index is 342. The number of hydrogen-bond donors (Lipinski definition) is 3. The minimum absolute atomic E-state index is 0.228. The second-order valence-electron chi connectivity index (χ2n) is 3.87. The monoisotopic (exact) mass is 242 g/mol. The number of aliphatic hydroxyl groups is 2. The minimum atomic E-state index is -0.900. The van der Waals surface area contributed by atoms with Crippen LogP contribution in [0.5, 0.6) is 5.75 Å². The highest BCUT2D eigenvalue weighted by Gasteiger charge is 2.21. The molecule has 3 nitrogen and oxygen atoms in total. The van der Waals surface area contributed by atoms with Crippen molar-refractivity contribution in [3.63, 3.8) is 0 Å². The molecule has 0 amide bonds. The highest BCUT2D eigenvalue weighted by atomic mass is 32.1. The average molecular weight is 242 g/mol. The Kier molecular flexibility index (Phi) is 4.65. The van der Waals surface area contributed by atoms with Crippen molar-refractivity contribution in [2.24, 2.45) is 0 Å². The zero-order valence-electron chi connectivity index (χ0n) is 9.77. The van der Waals surface area contributed by atoms with Crippen LogP contribution < -0.4 is 4.74 Å². The molecule has 90 valence electrons. The molecule has 0 saturated carbocycles. The number of rotatable bonds is 4. The van der Waals surface area contributed by atoms with Gasteiger partial charge in [-0.1, -0.05) is 0 Å². The lowest BCUT2D eigenvalue weighted by Crippen LogP contribution is -2.21. The van der Waals surface area contributed by atoms with E-state index < -0.39 is 12.2 Å². The van der Waals surface area contributed by atoms with Gasteiger partial charge in [-0.2, -0.15) is 12.6 Å². The molecule has 0 saturated heterocycles. The van der Waals surface area contributed by atoms with Gasteiger partial charge in [-0.05, 0) is 42.7 Å². The van der Waals surface area contributed by atoms with Gasteiger partial charge in [-0.15, -0.1) is 0 Å². The standard InChI is InChI=1S/C12H18O3S/c1-7-4-9(15-3)5-8(2)11(7)12(14)10(13)6-16/h4-5,10,12-14,16H,6H2,1-3H3. The van der Waals surface area contributed by atoms with E-state index in [2.05, 4.69) is 12.6 Å². The molecule has 1 aromatic rings. The molecule has 0 fully saturated rings. The Morgan fingerprint density at radius 3 is 2.12 bits per heavy atom. The lowest BCUT2D eigenvalue weighted by Gasteiger charge is -2.21. The summed E-state index contributed by atoms with van der Waals surface area (Å²) in [6.07, 6.45) is -1.75. The van der Waals surface area contributed by atoms with Gasteiger partial charge < -0.3 is 14.9 Å². The van der Waals surface area contributed by atoms with Crippen LogP contribution >= 0.6 is 12.6 Å². The van der Waals surface area contributed by atoms with Gasteiger partial charge >= 0.3 is 0 Å². The zero-order valence-corrected chi connectivity index (χ0v) is 10.7. The van der Waals surface area contributed by atoms with Crippen molar-refractivity contribution in [1.29, 1.82) is 0 Å². The topological polar surface area (TPSA) is 49.7 Å². The van der Waals surface area contributed by atoms with E-state index in [0.29, 0.717) is 0 Å². The third-order valence-electron chi connectivity index (χ3n) is 2.65. The first kappa shape index (κ1) is 13.4. The van der Waals surface area contributed by atoms with Gasteiger partial charge in [0.15, 0.2) is 0 Å². The second-order valence-corrected chi connectivity index (χ2v) is 4.23.